The number of aliphatic imine (C=N–C) groups is 2. The number of rotatable bonds is 6. The minimum atomic E-state index is -3.01. The van der Waals surface area contributed by atoms with E-state index in [1.165, 1.54) is 22.7 Å². The van der Waals surface area contributed by atoms with Crippen molar-refractivity contribution in [2.45, 2.75) is 0 Å². The van der Waals surface area contributed by atoms with Gasteiger partial charge in [0, 0.05) is 33.0 Å². The molecule has 0 radical (unpaired) electrons. The Morgan fingerprint density at radius 3 is 1.26 bits per heavy atom. The zero-order chi connectivity index (χ0) is 33.9. The topological polar surface area (TPSA) is 57.0 Å². The molecule has 7 aromatic rings. The van der Waals surface area contributed by atoms with Crippen LogP contribution in [0.3, 0.4) is 0 Å². The van der Waals surface area contributed by atoms with Crippen molar-refractivity contribution in [3.05, 3.63) is 143 Å². The second kappa shape index (κ2) is 12.1. The lowest BCUT2D eigenvalue weighted by atomic mass is 10.0. The fraction of sp³-hybridized carbons (Fsp3) is 0. The summed E-state index contributed by atoms with van der Waals surface area (Å²) in [6, 6.07) is 36.0. The smallest absolute Gasteiger partial charge is 0.309 e. The standard InChI is InChI=1S/C36H20B2F4N6S2/c39-37(40)47-27-20-24-28(19-23(27)31(21-11-3-1-4-12-21)33(47)45-35-43-25-15-7-9-17-29(25)49-35)48(38(41)42)34(32(24)22-13-5-2-6-14-22)46-36-44-26-16-8-10-18-30(26)50-36/h1-20H/b45-33-,46-34-. The summed E-state index contributed by atoms with van der Waals surface area (Å²) in [4.78, 5) is 20.4. The van der Waals surface area contributed by atoms with Crippen molar-refractivity contribution in [2.75, 3.05) is 9.62 Å². The van der Waals surface area contributed by atoms with Crippen LogP contribution in [0.15, 0.2) is 131 Å². The Balaban J connectivity index is 1.35. The number of benzene rings is 5. The average molecular weight is 698 g/mol. The summed E-state index contributed by atoms with van der Waals surface area (Å²) >= 11 is 2.57. The molecule has 0 atom stereocenters. The number of anilines is 2. The monoisotopic (exact) mass is 698 g/mol. The molecule has 0 amide bonds. The largest absolute Gasteiger partial charge is 0.679 e. The van der Waals surface area contributed by atoms with Gasteiger partial charge in [0.2, 0.25) is 10.3 Å². The van der Waals surface area contributed by atoms with Crippen LogP contribution in [0.2, 0.25) is 0 Å². The number of fused-ring (bicyclic) bond motifs is 4. The summed E-state index contributed by atoms with van der Waals surface area (Å²) in [6.45, 7) is 0. The summed E-state index contributed by atoms with van der Waals surface area (Å²) < 4.78 is 63.1. The molecule has 50 heavy (non-hydrogen) atoms. The first-order valence-corrected chi connectivity index (χ1v) is 17.2. The van der Waals surface area contributed by atoms with E-state index in [1.807, 2.05) is 60.7 Å². The van der Waals surface area contributed by atoms with E-state index < -0.39 is 14.8 Å². The van der Waals surface area contributed by atoms with Crippen LogP contribution < -0.4 is 20.1 Å². The molecule has 14 heteroatoms. The fourth-order valence-electron chi connectivity index (χ4n) is 6.48. The van der Waals surface area contributed by atoms with E-state index in [0.29, 0.717) is 54.0 Å². The number of hydrogen-bond donors (Lipinski definition) is 0. The van der Waals surface area contributed by atoms with E-state index in [1.54, 1.807) is 60.7 Å². The third-order valence-electron chi connectivity index (χ3n) is 8.56. The summed E-state index contributed by atoms with van der Waals surface area (Å²) in [5, 5.41) is 1.29. The van der Waals surface area contributed by atoms with Crippen LogP contribution in [-0.2, 0) is 0 Å². The second-order valence-corrected chi connectivity index (χ2v) is 13.5. The van der Waals surface area contributed by atoms with Crippen molar-refractivity contribution < 1.29 is 17.3 Å². The third kappa shape index (κ3) is 5.02. The molecular formula is C36H20B2F4N6S2. The van der Waals surface area contributed by atoms with Crippen molar-refractivity contribution in [2.24, 2.45) is 9.98 Å². The van der Waals surface area contributed by atoms with Gasteiger partial charge < -0.3 is 9.62 Å². The molecule has 0 saturated carbocycles. The molecule has 0 aliphatic carbocycles. The normalized spacial score (nSPS) is 15.5. The van der Waals surface area contributed by atoms with Crippen molar-refractivity contribution >= 4 is 102 Å². The number of thiazole rings is 2. The zero-order valence-corrected chi connectivity index (χ0v) is 27.3. The van der Waals surface area contributed by atoms with E-state index in [4.69, 9.17) is 9.98 Å². The van der Waals surface area contributed by atoms with Gasteiger partial charge in [-0.25, -0.2) is 20.0 Å². The molecule has 0 bridgehead atoms. The first kappa shape index (κ1) is 30.5. The molecule has 0 saturated heterocycles. The fourth-order valence-corrected chi connectivity index (χ4v) is 8.15. The molecule has 6 nitrogen and oxygen atoms in total. The second-order valence-electron chi connectivity index (χ2n) is 11.5. The highest BCUT2D eigenvalue weighted by molar-refractivity contribution is 7.22. The van der Waals surface area contributed by atoms with Gasteiger partial charge in [0.15, 0.2) is 0 Å². The molecule has 0 unspecified atom stereocenters. The predicted molar refractivity (Wildman–Crippen MR) is 198 cm³/mol. The van der Waals surface area contributed by atoms with Crippen molar-refractivity contribution in [3.8, 4) is 0 Å². The van der Waals surface area contributed by atoms with Gasteiger partial charge in [-0.15, -0.1) is 0 Å². The summed E-state index contributed by atoms with van der Waals surface area (Å²) in [6.07, 6.45) is 0. The van der Waals surface area contributed by atoms with E-state index >= 15 is 17.3 Å². The highest BCUT2D eigenvalue weighted by atomic mass is 32.1. The average Bonchev–Trinajstić information content (AvgIpc) is 3.87. The molecule has 4 heterocycles. The van der Waals surface area contributed by atoms with E-state index in [9.17, 15) is 0 Å². The van der Waals surface area contributed by atoms with Crippen LogP contribution >= 0.6 is 22.7 Å². The lowest BCUT2D eigenvalue weighted by molar-refractivity contribution is 0.658. The van der Waals surface area contributed by atoms with E-state index in [-0.39, 0.29) is 23.0 Å². The number of hydrogen-bond acceptors (Lipinski definition) is 6. The van der Waals surface area contributed by atoms with Crippen molar-refractivity contribution in [1.29, 1.82) is 0 Å². The molecule has 0 spiro atoms. The van der Waals surface area contributed by atoms with Gasteiger partial charge in [0.25, 0.3) is 0 Å². The number of para-hydroxylation sites is 2. The van der Waals surface area contributed by atoms with Crippen LogP contribution in [0.4, 0.5) is 38.9 Å². The number of nitrogens with zero attached hydrogens (tertiary/aromatic N) is 6. The van der Waals surface area contributed by atoms with Gasteiger partial charge in [-0.05, 0) is 47.5 Å². The molecule has 0 fully saturated rings. The minimum Gasteiger partial charge on any atom is -0.309 e. The molecule has 240 valence electrons. The maximum atomic E-state index is 15.4. The minimum absolute atomic E-state index is 0.0165. The highest BCUT2D eigenvalue weighted by Gasteiger charge is 2.43. The van der Waals surface area contributed by atoms with Gasteiger partial charge in [-0.1, -0.05) is 108 Å². The lowest BCUT2D eigenvalue weighted by Crippen LogP contribution is -2.38. The van der Waals surface area contributed by atoms with Crippen molar-refractivity contribution in [3.63, 3.8) is 0 Å². The number of amidine groups is 2. The van der Waals surface area contributed by atoms with Crippen LogP contribution in [-0.4, -0.2) is 36.4 Å². The zero-order valence-electron chi connectivity index (χ0n) is 25.7. The maximum absolute atomic E-state index is 15.4. The molecule has 2 aromatic heterocycles. The van der Waals surface area contributed by atoms with Gasteiger partial charge in [0.1, 0.15) is 11.7 Å². The molecule has 5 aromatic carbocycles. The van der Waals surface area contributed by atoms with Gasteiger partial charge in [0.05, 0.1) is 20.4 Å². The third-order valence-corrected chi connectivity index (χ3v) is 10.4. The molecular weight excluding hydrogens is 678 g/mol. The highest BCUT2D eigenvalue weighted by Crippen LogP contribution is 2.37. The quantitative estimate of drug-likeness (QED) is 0.130. The Labute approximate surface area is 291 Å². The molecule has 0 N–H and O–H groups in total. The van der Waals surface area contributed by atoms with Crippen LogP contribution in [0, 0.1) is 0 Å². The van der Waals surface area contributed by atoms with Crippen LogP contribution in [0.5, 0.6) is 0 Å². The number of halogens is 4. The lowest BCUT2D eigenvalue weighted by Gasteiger charge is -2.20. The van der Waals surface area contributed by atoms with Crippen molar-refractivity contribution in [1.82, 2.24) is 9.97 Å². The maximum Gasteiger partial charge on any atom is 0.679 e. The van der Waals surface area contributed by atoms with Crippen LogP contribution in [0.25, 0.3) is 31.6 Å². The molecule has 9 rings (SSSR count). The predicted octanol–water partition coefficient (Wildman–Crippen LogP) is 8.25. The number of aromatic nitrogens is 2. The van der Waals surface area contributed by atoms with Crippen LogP contribution in [0.1, 0.15) is 11.1 Å². The molecule has 2 aliphatic heterocycles. The summed E-state index contributed by atoms with van der Waals surface area (Å²) in [5.41, 5.74) is 3.66. The van der Waals surface area contributed by atoms with Gasteiger partial charge in [-0.2, -0.15) is 0 Å². The van der Waals surface area contributed by atoms with E-state index in [0.717, 1.165) is 19.0 Å². The van der Waals surface area contributed by atoms with Gasteiger partial charge >= 0.3 is 14.8 Å². The molecule has 2 aliphatic rings. The Morgan fingerprint density at radius 1 is 0.500 bits per heavy atom. The first-order chi connectivity index (χ1) is 24.4. The Morgan fingerprint density at radius 2 is 0.880 bits per heavy atom. The van der Waals surface area contributed by atoms with E-state index in [2.05, 4.69) is 9.97 Å². The Kier molecular flexibility index (Phi) is 7.36. The van der Waals surface area contributed by atoms with Gasteiger partial charge in [-0.3, -0.25) is 17.3 Å². The Bertz CT molecular complexity index is 2400. The Hall–Kier alpha value is -5.59. The SMILES string of the molecule is FB(F)N1/C(=N\c2nc3ccccc3s2)C(c2ccccc2)=c2cc3c(cc21)=C(c1ccccc1)/C(=N/c1nc2ccccc2s1)N3B(F)F. The summed E-state index contributed by atoms with van der Waals surface area (Å²) in [5.74, 6) is -0.0330. The first-order valence-electron chi connectivity index (χ1n) is 15.5. The summed E-state index contributed by atoms with van der Waals surface area (Å²) in [7, 11) is -6.02.